The number of ether oxygens (including phenoxy) is 1. The van der Waals surface area contributed by atoms with Gasteiger partial charge in [-0.1, -0.05) is 18.2 Å². The fraction of sp³-hybridized carbons (Fsp3) is 0.524. The number of rotatable bonds is 6. The van der Waals surface area contributed by atoms with E-state index >= 15 is 0 Å². The number of carbonyl (C=O) groups excluding carboxylic acids is 4. The Morgan fingerprint density at radius 2 is 1.81 bits per heavy atom. The van der Waals surface area contributed by atoms with Crippen molar-refractivity contribution in [1.29, 1.82) is 0 Å². The number of hydrogen-bond donors (Lipinski definition) is 2. The van der Waals surface area contributed by atoms with Gasteiger partial charge in [-0.15, -0.1) is 0 Å². The molecule has 168 valence electrons. The van der Waals surface area contributed by atoms with E-state index in [0.717, 1.165) is 0 Å². The second kappa shape index (κ2) is 10.8. The normalized spacial score (nSPS) is 19.5. The summed E-state index contributed by atoms with van der Waals surface area (Å²) in [6.45, 7) is 5.00. The van der Waals surface area contributed by atoms with E-state index in [1.807, 2.05) is 11.0 Å². The van der Waals surface area contributed by atoms with Crippen molar-refractivity contribution in [3.63, 3.8) is 0 Å². The summed E-state index contributed by atoms with van der Waals surface area (Å²) >= 11 is 0. The van der Waals surface area contributed by atoms with E-state index in [9.17, 15) is 19.2 Å². The van der Waals surface area contributed by atoms with Crippen LogP contribution < -0.4 is 10.6 Å². The average Bonchev–Trinajstić information content (AvgIpc) is 2.76. The van der Waals surface area contributed by atoms with Gasteiger partial charge < -0.3 is 25.2 Å². The van der Waals surface area contributed by atoms with Crippen molar-refractivity contribution in [2.45, 2.75) is 19.4 Å². The first-order valence-corrected chi connectivity index (χ1v) is 10.5. The molecule has 0 spiro atoms. The summed E-state index contributed by atoms with van der Waals surface area (Å²) in [6.07, 6.45) is -0.450. The van der Waals surface area contributed by atoms with Gasteiger partial charge in [-0.3, -0.25) is 19.3 Å². The molecule has 2 aliphatic heterocycles. The van der Waals surface area contributed by atoms with Crippen molar-refractivity contribution in [2.24, 2.45) is 0 Å². The molecule has 10 nitrogen and oxygen atoms in total. The van der Waals surface area contributed by atoms with Gasteiger partial charge in [0.1, 0.15) is 6.04 Å². The fourth-order valence-corrected chi connectivity index (χ4v) is 3.71. The van der Waals surface area contributed by atoms with Gasteiger partial charge in [0.25, 0.3) is 0 Å². The van der Waals surface area contributed by atoms with Crippen LogP contribution in [0.25, 0.3) is 0 Å². The molecule has 4 amide bonds. The number of nitrogens with one attached hydrogen (secondary N) is 2. The van der Waals surface area contributed by atoms with Crippen molar-refractivity contribution in [3.8, 4) is 0 Å². The second-order valence-electron chi connectivity index (χ2n) is 7.47. The molecular weight excluding hydrogens is 402 g/mol. The molecule has 2 saturated heterocycles. The number of anilines is 1. The van der Waals surface area contributed by atoms with Crippen LogP contribution >= 0.6 is 0 Å². The highest BCUT2D eigenvalue weighted by atomic mass is 16.6. The molecule has 0 saturated carbocycles. The maximum Gasteiger partial charge on any atom is 0.409 e. The van der Waals surface area contributed by atoms with Gasteiger partial charge in [0.05, 0.1) is 19.6 Å². The first-order valence-electron chi connectivity index (χ1n) is 10.5. The first kappa shape index (κ1) is 22.5. The minimum absolute atomic E-state index is 0.108. The summed E-state index contributed by atoms with van der Waals surface area (Å²) in [5, 5.41) is 5.50. The van der Waals surface area contributed by atoms with E-state index < -0.39 is 6.04 Å². The summed E-state index contributed by atoms with van der Waals surface area (Å²) in [7, 11) is 0. The topological polar surface area (TPSA) is 111 Å². The van der Waals surface area contributed by atoms with Crippen LogP contribution in [0, 0.1) is 0 Å². The minimum atomic E-state index is -0.842. The monoisotopic (exact) mass is 431 g/mol. The molecule has 2 fully saturated rings. The molecule has 2 N–H and O–H groups in total. The van der Waals surface area contributed by atoms with Gasteiger partial charge >= 0.3 is 6.09 Å². The van der Waals surface area contributed by atoms with Crippen LogP contribution in [0.15, 0.2) is 30.3 Å². The Hall–Kier alpha value is -3.14. The van der Waals surface area contributed by atoms with Crippen LogP contribution in [0.4, 0.5) is 10.5 Å². The SMILES string of the molecule is CCOC(=O)N1CCN(CC(=O)N2CCNC(=O)C2CC(=O)Nc2ccccc2)CC1. The van der Waals surface area contributed by atoms with E-state index in [1.165, 1.54) is 4.90 Å². The molecule has 2 aliphatic rings. The zero-order valence-electron chi connectivity index (χ0n) is 17.7. The second-order valence-corrected chi connectivity index (χ2v) is 7.47. The van der Waals surface area contributed by atoms with Crippen LogP contribution in [0.5, 0.6) is 0 Å². The Balaban J connectivity index is 1.54. The molecular formula is C21H29N5O5. The van der Waals surface area contributed by atoms with Gasteiger partial charge in [0, 0.05) is 45.0 Å². The summed E-state index contributed by atoms with van der Waals surface area (Å²) in [5.74, 6) is -0.846. The highest BCUT2D eigenvalue weighted by Gasteiger charge is 2.35. The summed E-state index contributed by atoms with van der Waals surface area (Å²) in [6, 6.07) is 8.14. The predicted molar refractivity (Wildman–Crippen MR) is 113 cm³/mol. The van der Waals surface area contributed by atoms with E-state index in [-0.39, 0.29) is 36.8 Å². The standard InChI is InChI=1S/C21H29N5O5/c1-2-31-21(30)25-12-10-24(11-13-25)15-19(28)26-9-8-22-20(29)17(26)14-18(27)23-16-6-4-3-5-7-16/h3-7,17H,2,8-15H2,1H3,(H,22,29)(H,23,27). The number of hydrogen-bond acceptors (Lipinski definition) is 6. The smallest absolute Gasteiger partial charge is 0.409 e. The van der Waals surface area contributed by atoms with Crippen molar-refractivity contribution in [3.05, 3.63) is 30.3 Å². The van der Waals surface area contributed by atoms with Crippen LogP contribution in [-0.2, 0) is 19.1 Å². The minimum Gasteiger partial charge on any atom is -0.450 e. The Labute approximate surface area is 181 Å². The van der Waals surface area contributed by atoms with Crippen molar-refractivity contribution < 1.29 is 23.9 Å². The van der Waals surface area contributed by atoms with Gasteiger partial charge in [-0.2, -0.15) is 0 Å². The van der Waals surface area contributed by atoms with E-state index in [2.05, 4.69) is 10.6 Å². The van der Waals surface area contributed by atoms with Crippen LogP contribution in [0.3, 0.4) is 0 Å². The number of nitrogens with zero attached hydrogens (tertiary/aromatic N) is 3. The zero-order valence-corrected chi connectivity index (χ0v) is 17.7. The highest BCUT2D eigenvalue weighted by molar-refractivity contribution is 5.97. The Morgan fingerprint density at radius 3 is 2.48 bits per heavy atom. The fourth-order valence-electron chi connectivity index (χ4n) is 3.71. The molecule has 31 heavy (non-hydrogen) atoms. The van der Waals surface area contributed by atoms with Gasteiger partial charge in [-0.25, -0.2) is 4.79 Å². The lowest BCUT2D eigenvalue weighted by molar-refractivity contribution is -0.145. The molecule has 1 aromatic carbocycles. The number of amides is 4. The molecule has 10 heteroatoms. The van der Waals surface area contributed by atoms with Gasteiger partial charge in [-0.05, 0) is 19.1 Å². The maximum atomic E-state index is 12.9. The molecule has 2 heterocycles. The van der Waals surface area contributed by atoms with E-state index in [4.69, 9.17) is 4.74 Å². The lowest BCUT2D eigenvalue weighted by Crippen LogP contribution is -2.60. The third-order valence-electron chi connectivity index (χ3n) is 5.34. The Kier molecular flexibility index (Phi) is 7.82. The molecule has 1 atom stereocenters. The summed E-state index contributed by atoms with van der Waals surface area (Å²) in [4.78, 5) is 54.7. The lowest BCUT2D eigenvalue weighted by Gasteiger charge is -2.38. The van der Waals surface area contributed by atoms with Gasteiger partial charge in [0.15, 0.2) is 0 Å². The third kappa shape index (κ3) is 6.17. The predicted octanol–water partition coefficient (Wildman–Crippen LogP) is 0.116. The largest absolute Gasteiger partial charge is 0.450 e. The molecule has 0 aliphatic carbocycles. The van der Waals surface area contributed by atoms with Crippen molar-refractivity contribution >= 4 is 29.5 Å². The lowest BCUT2D eigenvalue weighted by atomic mass is 10.1. The maximum absolute atomic E-state index is 12.9. The van der Waals surface area contributed by atoms with Crippen molar-refractivity contribution in [2.75, 3.05) is 57.7 Å². The number of benzene rings is 1. The highest BCUT2D eigenvalue weighted by Crippen LogP contribution is 2.13. The molecule has 1 unspecified atom stereocenters. The molecule has 0 aromatic heterocycles. The Morgan fingerprint density at radius 1 is 1.10 bits per heavy atom. The number of carbonyl (C=O) groups is 4. The van der Waals surface area contributed by atoms with E-state index in [0.29, 0.717) is 51.6 Å². The van der Waals surface area contributed by atoms with Crippen molar-refractivity contribution in [1.82, 2.24) is 20.0 Å². The Bertz CT molecular complexity index is 795. The first-order chi connectivity index (χ1) is 15.0. The summed E-state index contributed by atoms with van der Waals surface area (Å²) < 4.78 is 5.01. The number of piperazine rings is 2. The molecule has 1 aromatic rings. The van der Waals surface area contributed by atoms with Crippen LogP contribution in [0.1, 0.15) is 13.3 Å². The van der Waals surface area contributed by atoms with Gasteiger partial charge in [0.2, 0.25) is 17.7 Å². The number of para-hydroxylation sites is 1. The molecule has 0 radical (unpaired) electrons. The third-order valence-corrected chi connectivity index (χ3v) is 5.34. The zero-order chi connectivity index (χ0) is 22.2. The van der Waals surface area contributed by atoms with Crippen LogP contribution in [0.2, 0.25) is 0 Å². The molecule has 0 bridgehead atoms. The average molecular weight is 431 g/mol. The van der Waals surface area contributed by atoms with Crippen LogP contribution in [-0.4, -0.2) is 97.0 Å². The van der Waals surface area contributed by atoms with E-state index in [1.54, 1.807) is 36.1 Å². The molecule has 3 rings (SSSR count). The summed E-state index contributed by atoms with van der Waals surface area (Å²) in [5.41, 5.74) is 0.640. The quantitative estimate of drug-likeness (QED) is 0.662.